The van der Waals surface area contributed by atoms with Gasteiger partial charge in [-0.3, -0.25) is 4.79 Å². The van der Waals surface area contributed by atoms with Crippen LogP contribution in [0.3, 0.4) is 0 Å². The number of β-lactam (4-membered cyclic amide) rings is 1. The Bertz CT molecular complexity index is 676. The number of carboxylic acids is 1. The van der Waals surface area contributed by atoms with Gasteiger partial charge < -0.3 is 19.5 Å². The molecule has 2 fully saturated rings. The smallest absolute Gasteiger partial charge is 0.345 e. The highest BCUT2D eigenvalue weighted by Crippen LogP contribution is 2.51. The van der Waals surface area contributed by atoms with Crippen LogP contribution in [0.5, 0.6) is 5.75 Å². The summed E-state index contributed by atoms with van der Waals surface area (Å²) in [5, 5.41) is 8.87. The second-order valence-corrected chi connectivity index (χ2v) is 7.88. The summed E-state index contributed by atoms with van der Waals surface area (Å²) in [5.74, 6) is -1.66. The molecule has 0 spiro atoms. The van der Waals surface area contributed by atoms with Gasteiger partial charge in [0.1, 0.15) is 17.2 Å². The SMILES string of the molecule is CC1(C)S[C@@H]2[C@@H](OC(=O)COc3ccccc3)C(=O)N2[C@H]1C(=O)O. The van der Waals surface area contributed by atoms with Crippen LogP contribution in [0.4, 0.5) is 0 Å². The lowest BCUT2D eigenvalue weighted by Gasteiger charge is -2.42. The zero-order chi connectivity index (χ0) is 17.5. The first-order chi connectivity index (χ1) is 11.3. The fraction of sp³-hybridized carbons (Fsp3) is 0.438. The lowest BCUT2D eigenvalue weighted by molar-refractivity contribution is -0.182. The summed E-state index contributed by atoms with van der Waals surface area (Å²) in [4.78, 5) is 36.8. The van der Waals surface area contributed by atoms with E-state index < -0.39 is 40.1 Å². The minimum absolute atomic E-state index is 0.309. The van der Waals surface area contributed by atoms with Crippen molar-refractivity contribution in [1.29, 1.82) is 0 Å². The maximum atomic E-state index is 12.2. The van der Waals surface area contributed by atoms with Crippen LogP contribution in [-0.4, -0.2) is 56.7 Å². The number of amides is 1. The molecule has 2 heterocycles. The number of carbonyl (C=O) groups excluding carboxylic acids is 2. The summed E-state index contributed by atoms with van der Waals surface area (Å²) in [7, 11) is 0. The van der Waals surface area contributed by atoms with E-state index in [4.69, 9.17) is 9.47 Å². The van der Waals surface area contributed by atoms with Crippen molar-refractivity contribution in [3.8, 4) is 5.75 Å². The van der Waals surface area contributed by atoms with E-state index >= 15 is 0 Å². The predicted molar refractivity (Wildman–Crippen MR) is 85.5 cm³/mol. The van der Waals surface area contributed by atoms with Crippen LogP contribution in [0.1, 0.15) is 13.8 Å². The maximum absolute atomic E-state index is 12.2. The van der Waals surface area contributed by atoms with E-state index in [1.807, 2.05) is 6.07 Å². The first-order valence-electron chi connectivity index (χ1n) is 7.41. The topological polar surface area (TPSA) is 93.1 Å². The molecule has 1 N–H and O–H groups in total. The van der Waals surface area contributed by atoms with Crippen molar-refractivity contribution in [1.82, 2.24) is 4.90 Å². The van der Waals surface area contributed by atoms with Gasteiger partial charge in [0, 0.05) is 4.75 Å². The van der Waals surface area contributed by atoms with Gasteiger partial charge in [0.2, 0.25) is 6.10 Å². The minimum atomic E-state index is -1.06. The van der Waals surface area contributed by atoms with Gasteiger partial charge in [-0.15, -0.1) is 11.8 Å². The molecule has 0 radical (unpaired) electrons. The number of esters is 1. The largest absolute Gasteiger partial charge is 0.482 e. The van der Waals surface area contributed by atoms with Gasteiger partial charge in [0.15, 0.2) is 6.61 Å². The first kappa shape index (κ1) is 16.6. The van der Waals surface area contributed by atoms with Crippen molar-refractivity contribution in [2.24, 2.45) is 0 Å². The highest BCUT2D eigenvalue weighted by Gasteiger charge is 2.65. The van der Waals surface area contributed by atoms with Gasteiger partial charge in [0.05, 0.1) is 0 Å². The molecule has 1 aromatic carbocycles. The highest BCUT2D eigenvalue weighted by molar-refractivity contribution is 8.01. The molecule has 2 saturated heterocycles. The second kappa shape index (κ2) is 6.01. The summed E-state index contributed by atoms with van der Waals surface area (Å²) in [6.07, 6.45) is -0.953. The van der Waals surface area contributed by atoms with Crippen LogP contribution in [0.2, 0.25) is 0 Å². The monoisotopic (exact) mass is 351 g/mol. The van der Waals surface area contributed by atoms with Gasteiger partial charge in [-0.25, -0.2) is 9.59 Å². The van der Waals surface area contributed by atoms with Gasteiger partial charge >= 0.3 is 11.9 Å². The molecule has 0 bridgehead atoms. The molecule has 3 rings (SSSR count). The van der Waals surface area contributed by atoms with E-state index in [2.05, 4.69) is 0 Å². The van der Waals surface area contributed by atoms with Gasteiger partial charge in [-0.1, -0.05) is 18.2 Å². The number of thioether (sulfide) groups is 1. The molecule has 2 aliphatic heterocycles. The zero-order valence-electron chi connectivity index (χ0n) is 13.2. The third-order valence-corrected chi connectivity index (χ3v) is 5.53. The molecule has 0 aromatic heterocycles. The predicted octanol–water partition coefficient (Wildman–Crippen LogP) is 1.12. The van der Waals surface area contributed by atoms with E-state index in [9.17, 15) is 19.5 Å². The Kier molecular flexibility index (Phi) is 4.16. The van der Waals surface area contributed by atoms with Crippen molar-refractivity contribution in [3.63, 3.8) is 0 Å². The van der Waals surface area contributed by atoms with Crippen LogP contribution < -0.4 is 4.74 Å². The molecule has 0 unspecified atom stereocenters. The van der Waals surface area contributed by atoms with Crippen molar-refractivity contribution in [2.45, 2.75) is 36.1 Å². The number of carboxylic acid groups (broad SMARTS) is 1. The first-order valence-corrected chi connectivity index (χ1v) is 8.29. The molecule has 24 heavy (non-hydrogen) atoms. The van der Waals surface area contributed by atoms with Crippen molar-refractivity contribution in [3.05, 3.63) is 30.3 Å². The Morgan fingerprint density at radius 2 is 1.96 bits per heavy atom. The molecule has 3 atom stereocenters. The number of hydrogen-bond acceptors (Lipinski definition) is 6. The fourth-order valence-electron chi connectivity index (χ4n) is 2.92. The summed E-state index contributed by atoms with van der Waals surface area (Å²) < 4.78 is 9.83. The molecule has 8 heteroatoms. The lowest BCUT2D eigenvalue weighted by atomic mass is 9.97. The normalized spacial score (nSPS) is 27.2. The van der Waals surface area contributed by atoms with Gasteiger partial charge in [0.25, 0.3) is 5.91 Å². The van der Waals surface area contributed by atoms with E-state index in [1.54, 1.807) is 38.1 Å². The number of hydrogen-bond donors (Lipinski definition) is 1. The summed E-state index contributed by atoms with van der Waals surface area (Å²) >= 11 is 1.33. The molecule has 1 amide bonds. The number of ether oxygens (including phenoxy) is 2. The summed E-state index contributed by atoms with van der Waals surface area (Å²) in [6, 6.07) is 7.86. The van der Waals surface area contributed by atoms with Crippen molar-refractivity contribution in [2.75, 3.05) is 6.61 Å². The molecule has 0 aliphatic carbocycles. The van der Waals surface area contributed by atoms with E-state index in [0.29, 0.717) is 5.75 Å². The molecule has 2 aliphatic rings. The van der Waals surface area contributed by atoms with Crippen LogP contribution >= 0.6 is 11.8 Å². The van der Waals surface area contributed by atoms with Crippen molar-refractivity contribution >= 4 is 29.6 Å². The Labute approximate surface area is 142 Å². The second-order valence-electron chi connectivity index (χ2n) is 6.11. The average Bonchev–Trinajstić information content (AvgIpc) is 2.80. The molecule has 0 saturated carbocycles. The number of rotatable bonds is 5. The molecule has 1 aromatic rings. The molecular formula is C16H17NO6S. The number of nitrogens with zero attached hydrogens (tertiary/aromatic N) is 1. The standard InChI is InChI=1S/C16H17NO6S/c1-16(2)12(15(20)21)17-13(19)11(14(17)24-16)23-10(18)8-22-9-6-4-3-5-7-9/h3-7,11-12,14H,8H2,1-2H3,(H,20,21)/t11-,12-,14+/m0/s1. The number of fused-ring (bicyclic) bond motifs is 1. The van der Waals surface area contributed by atoms with Gasteiger partial charge in [-0.05, 0) is 26.0 Å². The quantitative estimate of drug-likeness (QED) is 0.628. The number of carbonyl (C=O) groups is 3. The molecule has 128 valence electrons. The number of benzene rings is 1. The number of para-hydroxylation sites is 1. The van der Waals surface area contributed by atoms with E-state index in [1.165, 1.54) is 16.7 Å². The fourth-order valence-corrected chi connectivity index (χ4v) is 4.52. The van der Waals surface area contributed by atoms with Gasteiger partial charge in [-0.2, -0.15) is 0 Å². The number of aliphatic carboxylic acids is 1. The van der Waals surface area contributed by atoms with Crippen LogP contribution in [0.15, 0.2) is 30.3 Å². The van der Waals surface area contributed by atoms with Crippen LogP contribution in [0, 0.1) is 0 Å². The Balaban J connectivity index is 1.59. The Morgan fingerprint density at radius 3 is 2.58 bits per heavy atom. The summed E-state index contributed by atoms with van der Waals surface area (Å²) in [5.41, 5.74) is 0. The van der Waals surface area contributed by atoms with Crippen molar-refractivity contribution < 1.29 is 29.0 Å². The zero-order valence-corrected chi connectivity index (χ0v) is 14.0. The summed E-state index contributed by atoms with van der Waals surface area (Å²) in [6.45, 7) is 3.22. The average molecular weight is 351 g/mol. The Hall–Kier alpha value is -2.22. The van der Waals surface area contributed by atoms with E-state index in [0.717, 1.165) is 0 Å². The maximum Gasteiger partial charge on any atom is 0.345 e. The van der Waals surface area contributed by atoms with E-state index in [-0.39, 0.29) is 6.61 Å². The van der Waals surface area contributed by atoms with Crippen LogP contribution in [-0.2, 0) is 19.1 Å². The minimum Gasteiger partial charge on any atom is -0.482 e. The Morgan fingerprint density at radius 1 is 1.29 bits per heavy atom. The highest BCUT2D eigenvalue weighted by atomic mass is 32.2. The third kappa shape index (κ3) is 2.82. The molecule has 7 nitrogen and oxygen atoms in total. The van der Waals surface area contributed by atoms with Crippen LogP contribution in [0.25, 0.3) is 0 Å². The third-order valence-electron chi connectivity index (χ3n) is 3.98. The lowest BCUT2D eigenvalue weighted by Crippen LogP contribution is -2.66. The molecular weight excluding hydrogens is 334 g/mol.